The van der Waals surface area contributed by atoms with Crippen LogP contribution in [-0.2, 0) is 6.61 Å². The summed E-state index contributed by atoms with van der Waals surface area (Å²) in [6.45, 7) is 3.92. The Labute approximate surface area is 70.6 Å². The largest absolute Gasteiger partial charge is 0.392 e. The second-order valence-corrected chi connectivity index (χ2v) is 3.02. The third kappa shape index (κ3) is 1.54. The zero-order valence-corrected chi connectivity index (χ0v) is 7.34. The van der Waals surface area contributed by atoms with Crippen LogP contribution < -0.4 is 0 Å². The van der Waals surface area contributed by atoms with Gasteiger partial charge in [0.1, 0.15) is 5.15 Å². The molecule has 0 aliphatic rings. The highest BCUT2D eigenvalue weighted by Crippen LogP contribution is 2.18. The molecule has 0 aliphatic heterocycles. The first-order valence-electron chi connectivity index (χ1n) is 3.49. The van der Waals surface area contributed by atoms with E-state index in [-0.39, 0.29) is 12.6 Å². The Morgan fingerprint density at radius 2 is 2.36 bits per heavy atom. The molecule has 62 valence electrons. The Hall–Kier alpha value is -0.540. The van der Waals surface area contributed by atoms with Crippen LogP contribution in [0.25, 0.3) is 0 Å². The molecule has 11 heavy (non-hydrogen) atoms. The van der Waals surface area contributed by atoms with Crippen LogP contribution in [0.2, 0.25) is 5.15 Å². The average molecular weight is 175 g/mol. The molecule has 0 bridgehead atoms. The van der Waals surface area contributed by atoms with Crippen molar-refractivity contribution in [1.29, 1.82) is 0 Å². The van der Waals surface area contributed by atoms with E-state index in [0.717, 1.165) is 0 Å². The molecular formula is C7H11ClN2O. The van der Waals surface area contributed by atoms with Crippen LogP contribution >= 0.6 is 11.6 Å². The fourth-order valence-electron chi connectivity index (χ4n) is 0.849. The molecule has 0 aromatic carbocycles. The number of nitrogens with zero attached hydrogens (tertiary/aromatic N) is 2. The van der Waals surface area contributed by atoms with Crippen molar-refractivity contribution in [2.45, 2.75) is 26.5 Å². The van der Waals surface area contributed by atoms with E-state index in [1.165, 1.54) is 0 Å². The van der Waals surface area contributed by atoms with Gasteiger partial charge >= 0.3 is 0 Å². The minimum atomic E-state index is -0.0500. The second-order valence-electron chi connectivity index (χ2n) is 2.66. The van der Waals surface area contributed by atoms with E-state index in [9.17, 15) is 0 Å². The van der Waals surface area contributed by atoms with Gasteiger partial charge in [-0.25, -0.2) is 0 Å². The van der Waals surface area contributed by atoms with Crippen molar-refractivity contribution < 1.29 is 5.11 Å². The monoisotopic (exact) mass is 174 g/mol. The lowest BCUT2D eigenvalue weighted by Crippen LogP contribution is -2.02. The first kappa shape index (κ1) is 8.56. The van der Waals surface area contributed by atoms with Gasteiger partial charge in [-0.15, -0.1) is 0 Å². The third-order valence-corrected chi connectivity index (χ3v) is 1.88. The van der Waals surface area contributed by atoms with Crippen LogP contribution in [0.5, 0.6) is 0 Å². The van der Waals surface area contributed by atoms with Crippen molar-refractivity contribution in [2.75, 3.05) is 0 Å². The Kier molecular flexibility index (Phi) is 2.52. The van der Waals surface area contributed by atoms with E-state index in [2.05, 4.69) is 5.10 Å². The van der Waals surface area contributed by atoms with Gasteiger partial charge < -0.3 is 5.11 Å². The van der Waals surface area contributed by atoms with E-state index in [1.54, 1.807) is 10.9 Å². The zero-order valence-electron chi connectivity index (χ0n) is 6.58. The first-order chi connectivity index (χ1) is 5.16. The van der Waals surface area contributed by atoms with Gasteiger partial charge in [0.25, 0.3) is 0 Å². The number of aliphatic hydroxyl groups excluding tert-OH is 1. The van der Waals surface area contributed by atoms with Gasteiger partial charge in [0, 0.05) is 11.6 Å². The van der Waals surface area contributed by atoms with Crippen LogP contribution in [-0.4, -0.2) is 14.9 Å². The predicted octanol–water partition coefficient (Wildman–Crippen LogP) is 1.61. The van der Waals surface area contributed by atoms with Crippen LogP contribution in [0.3, 0.4) is 0 Å². The lowest BCUT2D eigenvalue weighted by molar-refractivity contribution is 0.281. The molecule has 0 radical (unpaired) electrons. The SMILES string of the molecule is CC(C)n1ncc(CO)c1Cl. The molecule has 0 unspecified atom stereocenters. The molecule has 1 N–H and O–H groups in total. The highest BCUT2D eigenvalue weighted by atomic mass is 35.5. The van der Waals surface area contributed by atoms with E-state index in [0.29, 0.717) is 10.7 Å². The van der Waals surface area contributed by atoms with Gasteiger partial charge in [0.2, 0.25) is 0 Å². The summed E-state index contributed by atoms with van der Waals surface area (Å²) in [5, 5.41) is 13.3. The number of rotatable bonds is 2. The maximum atomic E-state index is 8.78. The van der Waals surface area contributed by atoms with Crippen LogP contribution in [0.15, 0.2) is 6.20 Å². The topological polar surface area (TPSA) is 38.0 Å². The van der Waals surface area contributed by atoms with Crippen molar-refractivity contribution in [3.63, 3.8) is 0 Å². The Balaban J connectivity index is 3.00. The van der Waals surface area contributed by atoms with E-state index in [1.807, 2.05) is 13.8 Å². The molecule has 0 fully saturated rings. The van der Waals surface area contributed by atoms with E-state index in [4.69, 9.17) is 16.7 Å². The molecule has 3 nitrogen and oxygen atoms in total. The van der Waals surface area contributed by atoms with Crippen molar-refractivity contribution in [2.24, 2.45) is 0 Å². The van der Waals surface area contributed by atoms with Crippen molar-refractivity contribution in [3.8, 4) is 0 Å². The normalized spacial score (nSPS) is 11.0. The second kappa shape index (κ2) is 3.24. The molecular weight excluding hydrogens is 164 g/mol. The highest BCUT2D eigenvalue weighted by molar-refractivity contribution is 6.30. The summed E-state index contributed by atoms with van der Waals surface area (Å²) >= 11 is 5.86. The summed E-state index contributed by atoms with van der Waals surface area (Å²) in [6, 6.07) is 0.239. The fraction of sp³-hybridized carbons (Fsp3) is 0.571. The highest BCUT2D eigenvalue weighted by Gasteiger charge is 2.08. The summed E-state index contributed by atoms with van der Waals surface area (Å²) < 4.78 is 1.67. The smallest absolute Gasteiger partial charge is 0.132 e. The van der Waals surface area contributed by atoms with Crippen molar-refractivity contribution >= 4 is 11.6 Å². The minimum absolute atomic E-state index is 0.0500. The van der Waals surface area contributed by atoms with Gasteiger partial charge in [0.05, 0.1) is 12.8 Å². The van der Waals surface area contributed by atoms with Crippen molar-refractivity contribution in [1.82, 2.24) is 9.78 Å². The van der Waals surface area contributed by atoms with Crippen LogP contribution in [0.1, 0.15) is 25.5 Å². The first-order valence-corrected chi connectivity index (χ1v) is 3.87. The predicted molar refractivity (Wildman–Crippen MR) is 43.5 cm³/mol. The molecule has 0 aliphatic carbocycles. The maximum absolute atomic E-state index is 8.78. The zero-order chi connectivity index (χ0) is 8.43. The average Bonchev–Trinajstić information content (AvgIpc) is 2.30. The summed E-state index contributed by atoms with van der Waals surface area (Å²) in [6.07, 6.45) is 1.59. The lowest BCUT2D eigenvalue weighted by atomic mass is 10.4. The number of hydrogen-bond acceptors (Lipinski definition) is 2. The summed E-state index contributed by atoms with van der Waals surface area (Å²) in [5.74, 6) is 0. The molecule has 0 spiro atoms. The number of aliphatic hydroxyl groups is 1. The Morgan fingerprint density at radius 1 is 1.73 bits per heavy atom. The van der Waals surface area contributed by atoms with E-state index < -0.39 is 0 Å². The quantitative estimate of drug-likeness (QED) is 0.740. The maximum Gasteiger partial charge on any atom is 0.132 e. The number of halogens is 1. The molecule has 0 saturated heterocycles. The molecule has 1 heterocycles. The molecule has 0 saturated carbocycles. The van der Waals surface area contributed by atoms with Gasteiger partial charge in [-0.3, -0.25) is 4.68 Å². The molecule has 0 atom stereocenters. The van der Waals surface area contributed by atoms with Gasteiger partial charge in [-0.05, 0) is 13.8 Å². The van der Waals surface area contributed by atoms with Gasteiger partial charge in [0.15, 0.2) is 0 Å². The fourth-order valence-corrected chi connectivity index (χ4v) is 1.20. The summed E-state index contributed by atoms with van der Waals surface area (Å²) in [4.78, 5) is 0. The molecule has 4 heteroatoms. The minimum Gasteiger partial charge on any atom is -0.392 e. The Bertz CT molecular complexity index is 245. The van der Waals surface area contributed by atoms with Gasteiger partial charge in [-0.1, -0.05) is 11.6 Å². The van der Waals surface area contributed by atoms with Crippen LogP contribution in [0, 0.1) is 0 Å². The van der Waals surface area contributed by atoms with Gasteiger partial charge in [-0.2, -0.15) is 5.10 Å². The summed E-state index contributed by atoms with van der Waals surface area (Å²) in [5.41, 5.74) is 0.681. The summed E-state index contributed by atoms with van der Waals surface area (Å²) in [7, 11) is 0. The van der Waals surface area contributed by atoms with E-state index >= 15 is 0 Å². The molecule has 1 rings (SSSR count). The third-order valence-electron chi connectivity index (χ3n) is 1.46. The van der Waals surface area contributed by atoms with Crippen molar-refractivity contribution in [3.05, 3.63) is 16.9 Å². The molecule has 1 aromatic rings. The number of hydrogen-bond donors (Lipinski definition) is 1. The molecule has 0 amide bonds. The number of aromatic nitrogens is 2. The lowest BCUT2D eigenvalue weighted by Gasteiger charge is -2.05. The Morgan fingerprint density at radius 3 is 2.64 bits per heavy atom. The van der Waals surface area contributed by atoms with Crippen LogP contribution in [0.4, 0.5) is 0 Å². The molecule has 1 aromatic heterocycles. The standard InChI is InChI=1S/C7H11ClN2O/c1-5(2)10-7(8)6(4-11)3-9-10/h3,5,11H,4H2,1-2H3.